The number of anilines is 4. The number of ether oxygens (including phenoxy) is 2. The first-order valence-corrected chi connectivity index (χ1v) is 11.1. The van der Waals surface area contributed by atoms with Crippen LogP contribution in [0.2, 0.25) is 0 Å². The number of nitrogen functional groups attached to an aromatic ring is 1. The van der Waals surface area contributed by atoms with Crippen LogP contribution in [0.25, 0.3) is 0 Å². The van der Waals surface area contributed by atoms with Gasteiger partial charge in [-0.15, -0.1) is 11.8 Å². The zero-order chi connectivity index (χ0) is 22.5. The van der Waals surface area contributed by atoms with Crippen molar-refractivity contribution in [3.05, 3.63) is 54.4 Å². The van der Waals surface area contributed by atoms with Crippen LogP contribution in [-0.2, 0) is 4.79 Å². The maximum Gasteiger partial charge on any atom is 0.237 e. The molecule has 0 aliphatic carbocycles. The molecule has 2 aromatic carbocycles. The highest BCUT2D eigenvalue weighted by atomic mass is 32.2. The molecule has 0 unspecified atom stereocenters. The quantitative estimate of drug-likeness (QED) is 0.491. The van der Waals surface area contributed by atoms with Crippen molar-refractivity contribution >= 4 is 40.9 Å². The smallest absolute Gasteiger partial charge is 0.237 e. The Bertz CT molecular complexity index is 1100. The molecule has 3 aromatic rings. The maximum absolute atomic E-state index is 12.7. The van der Waals surface area contributed by atoms with Crippen molar-refractivity contribution < 1.29 is 14.3 Å². The minimum absolute atomic E-state index is 0.120. The number of nitrogens with one attached hydrogen (secondary N) is 2. The second-order valence-corrected chi connectivity index (χ2v) is 8.82. The van der Waals surface area contributed by atoms with Crippen LogP contribution in [0.1, 0.15) is 24.9 Å². The number of aromatic nitrogens is 3. The van der Waals surface area contributed by atoms with Crippen molar-refractivity contribution in [3.63, 3.8) is 0 Å². The molecule has 1 amide bonds. The second kappa shape index (κ2) is 9.73. The van der Waals surface area contributed by atoms with Gasteiger partial charge in [0.1, 0.15) is 19.0 Å². The number of amides is 1. The Kier molecular flexibility index (Phi) is 6.60. The normalized spacial score (nSPS) is 14.3. The Balaban J connectivity index is 1.39. The minimum Gasteiger partial charge on any atom is -0.486 e. The number of nitrogens with two attached hydrogens (primary N) is 1. The van der Waals surface area contributed by atoms with Crippen LogP contribution >= 0.6 is 11.8 Å². The summed E-state index contributed by atoms with van der Waals surface area (Å²) in [7, 11) is 0. The SMILES string of the molecule is C[C@H](S[C@H](C)C(=O)Nc1ccc2c(c1)OCCO2)c1nc(N)nc(Nc2ccccc2)n1. The summed E-state index contributed by atoms with van der Waals surface area (Å²) in [5.41, 5.74) is 7.38. The highest BCUT2D eigenvalue weighted by molar-refractivity contribution is 8.00. The number of rotatable bonds is 7. The van der Waals surface area contributed by atoms with Gasteiger partial charge in [0.05, 0.1) is 10.5 Å². The number of nitrogens with zero attached hydrogens (tertiary/aromatic N) is 3. The highest BCUT2D eigenvalue weighted by Crippen LogP contribution is 2.34. The number of para-hydroxylation sites is 1. The fourth-order valence-electron chi connectivity index (χ4n) is 3.09. The summed E-state index contributed by atoms with van der Waals surface area (Å²) in [6, 6.07) is 14.9. The van der Waals surface area contributed by atoms with Crippen molar-refractivity contribution in [2.45, 2.75) is 24.3 Å². The number of carbonyl (C=O) groups is 1. The van der Waals surface area contributed by atoms with E-state index in [0.717, 1.165) is 5.69 Å². The summed E-state index contributed by atoms with van der Waals surface area (Å²) in [5, 5.41) is 5.50. The summed E-state index contributed by atoms with van der Waals surface area (Å²) in [6.07, 6.45) is 0. The lowest BCUT2D eigenvalue weighted by Gasteiger charge is -2.20. The van der Waals surface area contributed by atoms with E-state index in [1.807, 2.05) is 44.2 Å². The third-order valence-corrected chi connectivity index (χ3v) is 5.89. The molecule has 0 radical (unpaired) electrons. The Morgan fingerprint density at radius 1 is 1.00 bits per heavy atom. The van der Waals surface area contributed by atoms with E-state index >= 15 is 0 Å². The van der Waals surface area contributed by atoms with E-state index in [9.17, 15) is 4.79 Å². The average molecular weight is 453 g/mol. The van der Waals surface area contributed by atoms with Crippen LogP contribution in [0.15, 0.2) is 48.5 Å². The Morgan fingerprint density at radius 2 is 1.75 bits per heavy atom. The molecule has 9 nitrogen and oxygen atoms in total. The summed E-state index contributed by atoms with van der Waals surface area (Å²) in [4.78, 5) is 25.6. The number of hydrogen-bond donors (Lipinski definition) is 3. The largest absolute Gasteiger partial charge is 0.486 e. The number of carbonyl (C=O) groups excluding carboxylic acids is 1. The molecule has 0 fully saturated rings. The molecule has 166 valence electrons. The zero-order valence-electron chi connectivity index (χ0n) is 17.7. The molecule has 1 aliphatic heterocycles. The zero-order valence-corrected chi connectivity index (χ0v) is 18.6. The summed E-state index contributed by atoms with van der Waals surface area (Å²) in [5.74, 6) is 2.15. The summed E-state index contributed by atoms with van der Waals surface area (Å²) in [6.45, 7) is 4.78. The number of fused-ring (bicyclic) bond motifs is 1. The van der Waals surface area contributed by atoms with E-state index < -0.39 is 0 Å². The molecular weight excluding hydrogens is 428 g/mol. The molecule has 2 atom stereocenters. The van der Waals surface area contributed by atoms with Gasteiger partial charge in [0.25, 0.3) is 0 Å². The first-order chi connectivity index (χ1) is 15.5. The van der Waals surface area contributed by atoms with Crippen molar-refractivity contribution in [1.29, 1.82) is 0 Å². The van der Waals surface area contributed by atoms with Crippen LogP contribution in [-0.4, -0.2) is 39.3 Å². The predicted molar refractivity (Wildman–Crippen MR) is 125 cm³/mol. The molecular formula is C22H24N6O3S. The van der Waals surface area contributed by atoms with Crippen LogP contribution in [0, 0.1) is 0 Å². The topological polar surface area (TPSA) is 124 Å². The monoisotopic (exact) mass is 452 g/mol. The average Bonchev–Trinajstić information content (AvgIpc) is 2.79. The molecule has 0 saturated carbocycles. The van der Waals surface area contributed by atoms with E-state index in [1.165, 1.54) is 11.8 Å². The maximum atomic E-state index is 12.7. The Morgan fingerprint density at radius 3 is 2.53 bits per heavy atom. The standard InChI is InChI=1S/C22H24N6O3S/c1-13(19-26-21(23)28-22(27-19)25-15-6-4-3-5-7-15)32-14(2)20(29)24-16-8-9-17-18(12-16)31-11-10-30-17/h3-9,12-14H,10-11H2,1-2H3,(H,24,29)(H3,23,25,26,27,28)/t13-,14+/m0/s1. The van der Waals surface area contributed by atoms with E-state index in [0.29, 0.717) is 42.2 Å². The van der Waals surface area contributed by atoms with Crippen molar-refractivity contribution in [2.24, 2.45) is 0 Å². The fraction of sp³-hybridized carbons (Fsp3) is 0.273. The van der Waals surface area contributed by atoms with Gasteiger partial charge in [0.2, 0.25) is 17.8 Å². The van der Waals surface area contributed by atoms with Gasteiger partial charge in [-0.3, -0.25) is 4.79 Å². The van der Waals surface area contributed by atoms with E-state index in [4.69, 9.17) is 15.2 Å². The summed E-state index contributed by atoms with van der Waals surface area (Å²) < 4.78 is 11.1. The minimum atomic E-state index is -0.360. The van der Waals surface area contributed by atoms with Crippen molar-refractivity contribution in [2.75, 3.05) is 29.6 Å². The molecule has 10 heteroatoms. The molecule has 0 saturated heterocycles. The van der Waals surface area contributed by atoms with Gasteiger partial charge in [0.15, 0.2) is 11.5 Å². The van der Waals surface area contributed by atoms with Gasteiger partial charge < -0.3 is 25.8 Å². The molecule has 2 heterocycles. The first-order valence-electron chi connectivity index (χ1n) is 10.2. The third kappa shape index (κ3) is 5.38. The molecule has 1 aliphatic rings. The van der Waals surface area contributed by atoms with Crippen molar-refractivity contribution in [3.8, 4) is 11.5 Å². The highest BCUT2D eigenvalue weighted by Gasteiger charge is 2.22. The van der Waals surface area contributed by atoms with E-state index in [1.54, 1.807) is 18.2 Å². The fourth-order valence-corrected chi connectivity index (χ4v) is 4.11. The molecule has 1 aromatic heterocycles. The van der Waals surface area contributed by atoms with Gasteiger partial charge in [-0.25, -0.2) is 0 Å². The van der Waals surface area contributed by atoms with Gasteiger partial charge in [-0.2, -0.15) is 15.0 Å². The van der Waals surface area contributed by atoms with Crippen LogP contribution < -0.4 is 25.8 Å². The van der Waals surface area contributed by atoms with Gasteiger partial charge in [-0.1, -0.05) is 18.2 Å². The molecule has 0 spiro atoms. The van der Waals surface area contributed by atoms with E-state index in [2.05, 4.69) is 25.6 Å². The Hall–Kier alpha value is -3.53. The summed E-state index contributed by atoms with van der Waals surface area (Å²) >= 11 is 1.43. The molecule has 0 bridgehead atoms. The lowest BCUT2D eigenvalue weighted by atomic mass is 10.2. The number of hydrogen-bond acceptors (Lipinski definition) is 9. The lowest BCUT2D eigenvalue weighted by Crippen LogP contribution is -2.24. The Labute approximate surface area is 190 Å². The van der Waals surface area contributed by atoms with Gasteiger partial charge in [0, 0.05) is 17.4 Å². The van der Waals surface area contributed by atoms with Gasteiger partial charge in [-0.05, 0) is 38.1 Å². The third-order valence-electron chi connectivity index (χ3n) is 4.65. The molecule has 4 rings (SSSR count). The lowest BCUT2D eigenvalue weighted by molar-refractivity contribution is -0.115. The van der Waals surface area contributed by atoms with E-state index in [-0.39, 0.29) is 22.4 Å². The number of thioether (sulfide) groups is 1. The van der Waals surface area contributed by atoms with Crippen LogP contribution in [0.3, 0.4) is 0 Å². The predicted octanol–water partition coefficient (Wildman–Crippen LogP) is 3.79. The molecule has 32 heavy (non-hydrogen) atoms. The van der Waals surface area contributed by atoms with Crippen LogP contribution in [0.4, 0.5) is 23.3 Å². The number of benzene rings is 2. The second-order valence-electron chi connectivity index (χ2n) is 7.13. The first kappa shape index (κ1) is 21.7. The van der Waals surface area contributed by atoms with Crippen LogP contribution in [0.5, 0.6) is 11.5 Å². The van der Waals surface area contributed by atoms with Gasteiger partial charge >= 0.3 is 0 Å². The molecule has 4 N–H and O–H groups in total. The van der Waals surface area contributed by atoms with Crippen molar-refractivity contribution in [1.82, 2.24) is 15.0 Å².